The number of nitrogens with zero attached hydrogens (tertiary/aromatic N) is 1. The Kier molecular flexibility index (Phi) is 8.50. The number of halogens is 4. The molecule has 0 aliphatic heterocycles. The Morgan fingerprint density at radius 3 is 2.50 bits per heavy atom. The van der Waals surface area contributed by atoms with E-state index < -0.39 is 5.91 Å². The summed E-state index contributed by atoms with van der Waals surface area (Å²) in [7, 11) is 0. The maximum Gasteiger partial charge on any atom is 0.272 e. The summed E-state index contributed by atoms with van der Waals surface area (Å²) in [6.45, 7) is 2.53. The highest BCUT2D eigenvalue weighted by Crippen LogP contribution is 2.34. The molecule has 0 saturated heterocycles. The molecule has 0 spiro atoms. The first-order chi connectivity index (χ1) is 15.4. The van der Waals surface area contributed by atoms with Gasteiger partial charge in [-0.1, -0.05) is 35.3 Å². The van der Waals surface area contributed by atoms with Crippen molar-refractivity contribution in [3.63, 3.8) is 0 Å². The quantitative estimate of drug-likeness (QED) is 0.258. The van der Waals surface area contributed by atoms with Gasteiger partial charge in [-0.3, -0.25) is 4.79 Å². The molecule has 1 amide bonds. The molecule has 0 heterocycles. The molecule has 0 fully saturated rings. The van der Waals surface area contributed by atoms with Crippen molar-refractivity contribution >= 4 is 51.3 Å². The highest BCUT2D eigenvalue weighted by atomic mass is 79.9. The van der Waals surface area contributed by atoms with E-state index in [9.17, 15) is 9.18 Å². The first-order valence-corrected chi connectivity index (χ1v) is 11.0. The van der Waals surface area contributed by atoms with Crippen LogP contribution in [0.2, 0.25) is 10.0 Å². The normalized spacial score (nSPS) is 10.9. The Morgan fingerprint density at radius 2 is 1.81 bits per heavy atom. The van der Waals surface area contributed by atoms with E-state index in [0.29, 0.717) is 33.2 Å². The lowest BCUT2D eigenvalue weighted by molar-refractivity contribution is 0.0955. The van der Waals surface area contributed by atoms with Crippen LogP contribution in [-0.4, -0.2) is 18.7 Å². The highest BCUT2D eigenvalue weighted by molar-refractivity contribution is 9.10. The molecule has 9 heteroatoms. The van der Waals surface area contributed by atoms with Gasteiger partial charge in [0.05, 0.1) is 23.4 Å². The van der Waals surface area contributed by atoms with Crippen LogP contribution in [0.25, 0.3) is 0 Å². The third-order valence-corrected chi connectivity index (χ3v) is 5.45. The zero-order chi connectivity index (χ0) is 23.1. The molecule has 32 heavy (non-hydrogen) atoms. The third kappa shape index (κ3) is 6.45. The van der Waals surface area contributed by atoms with Gasteiger partial charge in [-0.05, 0) is 70.9 Å². The molecule has 0 radical (unpaired) electrons. The Morgan fingerprint density at radius 1 is 1.09 bits per heavy atom. The fraction of sp³-hybridized carbons (Fsp3) is 0.130. The van der Waals surface area contributed by atoms with Crippen LogP contribution in [0.3, 0.4) is 0 Å². The lowest BCUT2D eigenvalue weighted by Gasteiger charge is -2.14. The second-order valence-electron chi connectivity index (χ2n) is 6.49. The molecule has 0 aromatic heterocycles. The molecule has 5 nitrogen and oxygen atoms in total. The minimum atomic E-state index is -0.469. The molecule has 0 atom stereocenters. The van der Waals surface area contributed by atoms with E-state index in [1.165, 1.54) is 30.5 Å². The topological polar surface area (TPSA) is 59.9 Å². The molecular weight excluding hydrogens is 522 g/mol. The zero-order valence-corrected chi connectivity index (χ0v) is 20.0. The minimum absolute atomic E-state index is 0.229. The van der Waals surface area contributed by atoms with Crippen molar-refractivity contribution in [3.05, 3.63) is 91.6 Å². The van der Waals surface area contributed by atoms with Crippen LogP contribution in [0.1, 0.15) is 28.4 Å². The van der Waals surface area contributed by atoms with Crippen LogP contribution in [0.4, 0.5) is 4.39 Å². The van der Waals surface area contributed by atoms with Gasteiger partial charge in [0.15, 0.2) is 11.5 Å². The smallest absolute Gasteiger partial charge is 0.272 e. The average Bonchev–Trinajstić information content (AvgIpc) is 2.75. The minimum Gasteiger partial charge on any atom is -0.490 e. The first-order valence-electron chi connectivity index (χ1n) is 9.49. The van der Waals surface area contributed by atoms with Crippen molar-refractivity contribution in [1.82, 2.24) is 5.43 Å². The fourth-order valence-corrected chi connectivity index (χ4v) is 3.59. The molecule has 0 aliphatic carbocycles. The van der Waals surface area contributed by atoms with Crippen LogP contribution >= 0.6 is 39.1 Å². The van der Waals surface area contributed by atoms with Crippen molar-refractivity contribution < 1.29 is 18.7 Å². The summed E-state index contributed by atoms with van der Waals surface area (Å²) >= 11 is 15.4. The predicted octanol–water partition coefficient (Wildman–Crippen LogP) is 6.64. The number of rotatable bonds is 8. The number of carbonyl (C=O) groups is 1. The van der Waals surface area contributed by atoms with Crippen LogP contribution < -0.4 is 14.9 Å². The Hall–Kier alpha value is -2.61. The van der Waals surface area contributed by atoms with Gasteiger partial charge in [-0.25, -0.2) is 9.82 Å². The Balaban J connectivity index is 1.72. The SMILES string of the molecule is CCOc1cc(/C=N\NC(=O)c2ccc(Cl)cc2Cl)c(Br)cc1OCc1ccc(F)cc1. The third-order valence-electron chi connectivity index (χ3n) is 4.22. The van der Waals surface area contributed by atoms with Gasteiger partial charge in [0.1, 0.15) is 12.4 Å². The van der Waals surface area contributed by atoms with Crippen molar-refractivity contribution in [2.75, 3.05) is 6.61 Å². The molecule has 0 unspecified atom stereocenters. The summed E-state index contributed by atoms with van der Waals surface area (Å²) in [5, 5.41) is 4.66. The van der Waals surface area contributed by atoms with E-state index in [1.54, 1.807) is 30.3 Å². The molecular formula is C23H18BrCl2FN2O3. The summed E-state index contributed by atoms with van der Waals surface area (Å²) < 4.78 is 25.3. The van der Waals surface area contributed by atoms with E-state index >= 15 is 0 Å². The number of ether oxygens (including phenoxy) is 2. The largest absolute Gasteiger partial charge is 0.490 e. The van der Waals surface area contributed by atoms with Crippen molar-refractivity contribution in [3.8, 4) is 11.5 Å². The van der Waals surface area contributed by atoms with Gasteiger partial charge in [-0.15, -0.1) is 0 Å². The zero-order valence-electron chi connectivity index (χ0n) is 16.9. The van der Waals surface area contributed by atoms with Gasteiger partial charge in [0.2, 0.25) is 0 Å². The molecule has 0 aliphatic rings. The van der Waals surface area contributed by atoms with E-state index in [4.69, 9.17) is 32.7 Å². The molecule has 166 valence electrons. The van der Waals surface area contributed by atoms with Gasteiger partial charge < -0.3 is 9.47 Å². The number of nitrogens with one attached hydrogen (secondary N) is 1. The van der Waals surface area contributed by atoms with Crippen LogP contribution in [0, 0.1) is 5.82 Å². The predicted molar refractivity (Wildman–Crippen MR) is 128 cm³/mol. The lowest BCUT2D eigenvalue weighted by atomic mass is 10.2. The highest BCUT2D eigenvalue weighted by Gasteiger charge is 2.12. The van der Waals surface area contributed by atoms with Crippen molar-refractivity contribution in [2.24, 2.45) is 5.10 Å². The van der Waals surface area contributed by atoms with E-state index in [2.05, 4.69) is 26.5 Å². The number of hydrogen-bond acceptors (Lipinski definition) is 4. The molecule has 0 bridgehead atoms. The molecule has 3 aromatic rings. The molecule has 0 saturated carbocycles. The number of carbonyl (C=O) groups excluding carboxylic acids is 1. The molecule has 1 N–H and O–H groups in total. The van der Waals surface area contributed by atoms with Crippen LogP contribution in [-0.2, 0) is 6.61 Å². The summed E-state index contributed by atoms with van der Waals surface area (Å²) in [4.78, 5) is 12.3. The monoisotopic (exact) mass is 538 g/mol. The van der Waals surface area contributed by atoms with Gasteiger partial charge in [0, 0.05) is 15.1 Å². The average molecular weight is 540 g/mol. The molecule has 3 aromatic carbocycles. The van der Waals surface area contributed by atoms with Crippen LogP contribution in [0.15, 0.2) is 64.2 Å². The van der Waals surface area contributed by atoms with Crippen LogP contribution in [0.5, 0.6) is 11.5 Å². The number of benzene rings is 3. The van der Waals surface area contributed by atoms with E-state index in [1.807, 2.05) is 6.92 Å². The maximum absolute atomic E-state index is 13.1. The number of hydrogen-bond donors (Lipinski definition) is 1. The second-order valence-corrected chi connectivity index (χ2v) is 8.19. The number of hydrazone groups is 1. The van der Waals surface area contributed by atoms with Crippen molar-refractivity contribution in [1.29, 1.82) is 0 Å². The van der Waals surface area contributed by atoms with E-state index in [-0.39, 0.29) is 23.0 Å². The second kappa shape index (κ2) is 11.3. The Labute approximate surface area is 203 Å². The van der Waals surface area contributed by atoms with Crippen molar-refractivity contribution in [2.45, 2.75) is 13.5 Å². The maximum atomic E-state index is 13.1. The summed E-state index contributed by atoms with van der Waals surface area (Å²) in [5.41, 5.74) is 4.16. The van der Waals surface area contributed by atoms with Gasteiger partial charge in [-0.2, -0.15) is 5.10 Å². The van der Waals surface area contributed by atoms with E-state index in [0.717, 1.165) is 5.56 Å². The summed E-state index contributed by atoms with van der Waals surface area (Å²) in [5.74, 6) is 0.243. The van der Waals surface area contributed by atoms with Gasteiger partial charge in [0.25, 0.3) is 5.91 Å². The lowest BCUT2D eigenvalue weighted by Crippen LogP contribution is -2.18. The summed E-state index contributed by atoms with van der Waals surface area (Å²) in [6, 6.07) is 14.1. The Bertz CT molecular complexity index is 1140. The molecule has 3 rings (SSSR count). The standard InChI is InChI=1S/C23H18BrCl2FN2O3/c1-2-31-21-9-15(12-28-29-23(30)18-8-5-16(25)10-20(18)26)19(24)11-22(21)32-13-14-3-6-17(27)7-4-14/h3-12H,2,13H2,1H3,(H,29,30)/b28-12-. The first kappa shape index (κ1) is 24.0. The van der Waals surface area contributed by atoms with Gasteiger partial charge >= 0.3 is 0 Å². The number of amides is 1. The fourth-order valence-electron chi connectivity index (χ4n) is 2.67. The summed E-state index contributed by atoms with van der Waals surface area (Å²) in [6.07, 6.45) is 1.47.